The van der Waals surface area contributed by atoms with Crippen LogP contribution in [0, 0.1) is 0 Å². The first-order chi connectivity index (χ1) is 7.65. The van der Waals surface area contributed by atoms with Gasteiger partial charge in [0.25, 0.3) is 0 Å². The molecule has 0 fully saturated rings. The second kappa shape index (κ2) is 4.44. The van der Waals surface area contributed by atoms with Gasteiger partial charge in [-0.15, -0.1) is 0 Å². The van der Waals surface area contributed by atoms with E-state index >= 15 is 0 Å². The normalized spacial score (nSPS) is 11.6. The molecule has 0 saturated heterocycles. The van der Waals surface area contributed by atoms with Gasteiger partial charge in [0, 0.05) is 18.2 Å². The van der Waals surface area contributed by atoms with Crippen molar-refractivity contribution in [3.05, 3.63) is 34.9 Å². The number of imidazole rings is 1. The first kappa shape index (κ1) is 11.4. The second-order valence-corrected chi connectivity index (χ2v) is 4.54. The molecule has 0 amide bonds. The van der Waals surface area contributed by atoms with Gasteiger partial charge in [-0.2, -0.15) is 0 Å². The lowest BCUT2D eigenvalue weighted by Crippen LogP contribution is -2.11. The fourth-order valence-electron chi connectivity index (χ4n) is 1.90. The van der Waals surface area contributed by atoms with Gasteiger partial charge in [-0.25, -0.2) is 4.98 Å². The monoisotopic (exact) mass is 237 g/mol. The van der Waals surface area contributed by atoms with Crippen molar-refractivity contribution in [2.24, 2.45) is 0 Å². The molecule has 0 aliphatic rings. The van der Waals surface area contributed by atoms with Crippen molar-refractivity contribution < 1.29 is 0 Å². The Bertz CT molecular complexity index is 502. The Balaban J connectivity index is 2.72. The van der Waals surface area contributed by atoms with E-state index in [0.717, 1.165) is 17.9 Å². The van der Waals surface area contributed by atoms with Crippen LogP contribution in [-0.4, -0.2) is 16.4 Å². The van der Waals surface area contributed by atoms with Crippen LogP contribution in [0.2, 0.25) is 5.15 Å². The van der Waals surface area contributed by atoms with Gasteiger partial charge in [-0.05, 0) is 19.2 Å². The van der Waals surface area contributed by atoms with E-state index in [1.165, 1.54) is 5.69 Å². The van der Waals surface area contributed by atoms with Gasteiger partial charge in [-0.3, -0.25) is 4.40 Å². The van der Waals surface area contributed by atoms with E-state index in [0.29, 0.717) is 11.1 Å². The topological polar surface area (TPSA) is 29.3 Å². The van der Waals surface area contributed by atoms with E-state index < -0.39 is 0 Å². The summed E-state index contributed by atoms with van der Waals surface area (Å²) < 4.78 is 2.14. The van der Waals surface area contributed by atoms with Crippen molar-refractivity contribution >= 4 is 17.1 Å². The molecule has 2 aromatic heterocycles. The zero-order valence-electron chi connectivity index (χ0n) is 9.79. The molecule has 2 aromatic rings. The molecule has 4 heteroatoms. The Labute approximate surface area is 100 Å². The highest BCUT2D eigenvalue weighted by Gasteiger charge is 2.14. The summed E-state index contributed by atoms with van der Waals surface area (Å²) >= 11 is 6.14. The van der Waals surface area contributed by atoms with Crippen molar-refractivity contribution in [2.45, 2.75) is 26.3 Å². The number of hydrogen-bond donors (Lipinski definition) is 1. The highest BCUT2D eigenvalue weighted by Crippen LogP contribution is 2.24. The molecule has 86 valence electrons. The molecular formula is C12H16ClN3. The van der Waals surface area contributed by atoms with E-state index in [1.807, 2.05) is 19.2 Å². The minimum Gasteiger partial charge on any atom is -0.314 e. The summed E-state index contributed by atoms with van der Waals surface area (Å²) in [6, 6.07) is 6.10. The van der Waals surface area contributed by atoms with Crippen LogP contribution in [-0.2, 0) is 6.54 Å². The summed E-state index contributed by atoms with van der Waals surface area (Å²) in [5.41, 5.74) is 2.17. The second-order valence-electron chi connectivity index (χ2n) is 4.18. The van der Waals surface area contributed by atoms with Crippen molar-refractivity contribution in [1.82, 2.24) is 14.7 Å². The lowest BCUT2D eigenvalue weighted by Gasteiger charge is -2.09. The number of aromatic nitrogens is 2. The Kier molecular flexibility index (Phi) is 3.17. The van der Waals surface area contributed by atoms with Gasteiger partial charge < -0.3 is 5.32 Å². The van der Waals surface area contributed by atoms with Crippen LogP contribution in [0.15, 0.2) is 18.2 Å². The van der Waals surface area contributed by atoms with Crippen LogP contribution >= 0.6 is 11.6 Å². The number of nitrogens with zero attached hydrogens (tertiary/aromatic N) is 2. The average Bonchev–Trinajstić information content (AvgIpc) is 2.58. The summed E-state index contributed by atoms with van der Waals surface area (Å²) in [5, 5.41) is 3.74. The molecule has 0 spiro atoms. The first-order valence-corrected chi connectivity index (χ1v) is 5.83. The summed E-state index contributed by atoms with van der Waals surface area (Å²) in [6.45, 7) is 5.06. The summed E-state index contributed by atoms with van der Waals surface area (Å²) in [6.07, 6.45) is 0. The molecule has 2 rings (SSSR count). The van der Waals surface area contributed by atoms with Crippen molar-refractivity contribution in [2.75, 3.05) is 7.05 Å². The fraction of sp³-hybridized carbons (Fsp3) is 0.417. The Morgan fingerprint density at radius 1 is 1.44 bits per heavy atom. The lowest BCUT2D eigenvalue weighted by molar-refractivity contribution is 0.720. The fourth-order valence-corrected chi connectivity index (χ4v) is 2.13. The van der Waals surface area contributed by atoms with Crippen molar-refractivity contribution in [3.63, 3.8) is 0 Å². The first-order valence-electron chi connectivity index (χ1n) is 5.45. The molecule has 0 unspecified atom stereocenters. The number of hydrogen-bond acceptors (Lipinski definition) is 2. The van der Waals surface area contributed by atoms with Gasteiger partial charge in [0.15, 0.2) is 5.15 Å². The number of rotatable bonds is 3. The number of halogens is 1. The summed E-state index contributed by atoms with van der Waals surface area (Å²) in [7, 11) is 1.94. The average molecular weight is 238 g/mol. The standard InChI is InChI=1S/C12H16ClN3/c1-8(2)12-15-11(13)10-6-4-5-9(7-14-3)16(10)12/h4-6,8,14H,7H2,1-3H3. The SMILES string of the molecule is CNCc1cccc2c(Cl)nc(C(C)C)n12. The van der Waals surface area contributed by atoms with E-state index in [-0.39, 0.29) is 0 Å². The molecule has 3 nitrogen and oxygen atoms in total. The van der Waals surface area contributed by atoms with Crippen LogP contribution < -0.4 is 5.32 Å². The molecule has 0 atom stereocenters. The van der Waals surface area contributed by atoms with Crippen LogP contribution in [0.25, 0.3) is 5.52 Å². The molecule has 0 saturated carbocycles. The maximum absolute atomic E-state index is 6.14. The number of fused-ring (bicyclic) bond motifs is 1. The van der Waals surface area contributed by atoms with Crippen molar-refractivity contribution in [1.29, 1.82) is 0 Å². The molecule has 2 heterocycles. The lowest BCUT2D eigenvalue weighted by atomic mass is 10.2. The Morgan fingerprint density at radius 3 is 2.81 bits per heavy atom. The Hall–Kier alpha value is -1.06. The van der Waals surface area contributed by atoms with E-state index in [2.05, 4.69) is 34.6 Å². The van der Waals surface area contributed by atoms with Gasteiger partial charge in [0.05, 0.1) is 5.52 Å². The minimum absolute atomic E-state index is 0.359. The molecule has 16 heavy (non-hydrogen) atoms. The highest BCUT2D eigenvalue weighted by atomic mass is 35.5. The van der Waals surface area contributed by atoms with E-state index in [1.54, 1.807) is 0 Å². The highest BCUT2D eigenvalue weighted by molar-refractivity contribution is 6.32. The van der Waals surface area contributed by atoms with Gasteiger partial charge >= 0.3 is 0 Å². The zero-order valence-corrected chi connectivity index (χ0v) is 10.5. The minimum atomic E-state index is 0.359. The third kappa shape index (κ3) is 1.81. The zero-order chi connectivity index (χ0) is 11.7. The molecule has 0 aliphatic carbocycles. The van der Waals surface area contributed by atoms with E-state index in [4.69, 9.17) is 11.6 Å². The predicted octanol–water partition coefficient (Wildman–Crippen LogP) is 2.83. The third-order valence-electron chi connectivity index (χ3n) is 2.60. The maximum Gasteiger partial charge on any atom is 0.155 e. The van der Waals surface area contributed by atoms with Crippen LogP contribution in [0.5, 0.6) is 0 Å². The Morgan fingerprint density at radius 2 is 2.19 bits per heavy atom. The van der Waals surface area contributed by atoms with Crippen LogP contribution in [0.1, 0.15) is 31.3 Å². The largest absolute Gasteiger partial charge is 0.314 e. The third-order valence-corrected chi connectivity index (χ3v) is 2.88. The van der Waals surface area contributed by atoms with Crippen LogP contribution in [0.3, 0.4) is 0 Å². The summed E-state index contributed by atoms with van der Waals surface area (Å²) in [4.78, 5) is 4.43. The smallest absolute Gasteiger partial charge is 0.155 e. The molecular weight excluding hydrogens is 222 g/mol. The summed E-state index contributed by atoms with van der Waals surface area (Å²) in [5.74, 6) is 1.38. The van der Waals surface area contributed by atoms with Crippen molar-refractivity contribution in [3.8, 4) is 0 Å². The number of nitrogens with one attached hydrogen (secondary N) is 1. The molecule has 0 aliphatic heterocycles. The quantitative estimate of drug-likeness (QED) is 0.890. The number of pyridine rings is 1. The maximum atomic E-state index is 6.14. The van der Waals surface area contributed by atoms with Gasteiger partial charge in [-0.1, -0.05) is 31.5 Å². The molecule has 0 bridgehead atoms. The van der Waals surface area contributed by atoms with Gasteiger partial charge in [0.2, 0.25) is 0 Å². The molecule has 0 radical (unpaired) electrons. The van der Waals surface area contributed by atoms with Gasteiger partial charge in [0.1, 0.15) is 5.82 Å². The predicted molar refractivity (Wildman–Crippen MR) is 67.1 cm³/mol. The molecule has 1 N–H and O–H groups in total. The van der Waals surface area contributed by atoms with E-state index in [9.17, 15) is 0 Å². The van der Waals surface area contributed by atoms with Crippen LogP contribution in [0.4, 0.5) is 0 Å². The molecule has 0 aromatic carbocycles.